The molecule has 0 spiro atoms. The minimum absolute atomic E-state index is 0.109. The zero-order chi connectivity index (χ0) is 15.4. The molecule has 9 nitrogen and oxygen atoms in total. The number of esters is 1. The molecule has 0 saturated heterocycles. The van der Waals surface area contributed by atoms with E-state index in [1.807, 2.05) is 4.98 Å². The largest absolute Gasteiger partial charge is 0.440 e. The van der Waals surface area contributed by atoms with Gasteiger partial charge < -0.3 is 4.74 Å². The number of carbonyl (C=O) groups excluding carboxylic acids is 1. The van der Waals surface area contributed by atoms with E-state index >= 15 is 0 Å². The lowest BCUT2D eigenvalue weighted by Crippen LogP contribution is -2.29. The van der Waals surface area contributed by atoms with Gasteiger partial charge in [-0.05, 0) is 12.1 Å². The highest BCUT2D eigenvalue weighted by molar-refractivity contribution is 5.89. The fourth-order valence-electron chi connectivity index (χ4n) is 1.48. The van der Waals surface area contributed by atoms with Crippen LogP contribution in [0.2, 0.25) is 0 Å². The van der Waals surface area contributed by atoms with Crippen LogP contribution in [0.5, 0.6) is 0 Å². The number of non-ortho nitro benzene ring substituents is 1. The van der Waals surface area contributed by atoms with Crippen LogP contribution in [0.15, 0.2) is 46.1 Å². The topological polar surface area (TPSA) is 124 Å². The normalized spacial score (nSPS) is 10.1. The van der Waals surface area contributed by atoms with Gasteiger partial charge in [-0.15, -0.1) is 0 Å². The van der Waals surface area contributed by atoms with Crippen molar-refractivity contribution in [1.29, 1.82) is 0 Å². The molecule has 0 aliphatic rings. The van der Waals surface area contributed by atoms with Crippen LogP contribution < -0.4 is 11.2 Å². The highest BCUT2D eigenvalue weighted by Gasteiger charge is 2.10. The van der Waals surface area contributed by atoms with E-state index in [0.717, 1.165) is 10.6 Å². The van der Waals surface area contributed by atoms with Crippen molar-refractivity contribution in [2.45, 2.75) is 6.73 Å². The summed E-state index contributed by atoms with van der Waals surface area (Å²) >= 11 is 0. The van der Waals surface area contributed by atoms with Crippen LogP contribution in [0.1, 0.15) is 10.4 Å². The number of hydrogen-bond acceptors (Lipinski definition) is 6. The lowest BCUT2D eigenvalue weighted by Gasteiger charge is -2.06. The first-order valence-electron chi connectivity index (χ1n) is 5.69. The number of ether oxygens (including phenoxy) is 1. The quantitative estimate of drug-likeness (QED) is 0.489. The maximum Gasteiger partial charge on any atom is 0.339 e. The van der Waals surface area contributed by atoms with E-state index in [9.17, 15) is 24.5 Å². The van der Waals surface area contributed by atoms with Crippen molar-refractivity contribution >= 4 is 11.7 Å². The van der Waals surface area contributed by atoms with Crippen molar-refractivity contribution in [3.8, 4) is 0 Å². The summed E-state index contributed by atoms with van der Waals surface area (Å²) < 4.78 is 5.86. The molecule has 1 aromatic heterocycles. The number of nitro benzene ring substituents is 1. The summed E-state index contributed by atoms with van der Waals surface area (Å²) in [5.41, 5.74) is -1.31. The van der Waals surface area contributed by atoms with Crippen molar-refractivity contribution in [1.82, 2.24) is 9.55 Å². The second-order valence-corrected chi connectivity index (χ2v) is 3.94. The Bertz CT molecular complexity index is 790. The Morgan fingerprint density at radius 3 is 2.48 bits per heavy atom. The van der Waals surface area contributed by atoms with E-state index in [-0.39, 0.29) is 18.0 Å². The van der Waals surface area contributed by atoms with Crippen molar-refractivity contribution in [2.75, 3.05) is 0 Å². The molecule has 0 aliphatic carbocycles. The summed E-state index contributed by atoms with van der Waals surface area (Å²) in [6.45, 7) is -0.383. The third kappa shape index (κ3) is 3.41. The van der Waals surface area contributed by atoms with Gasteiger partial charge in [-0.3, -0.25) is 24.5 Å². The molecule has 1 aromatic carbocycles. The average molecular weight is 291 g/mol. The molecule has 2 rings (SSSR count). The van der Waals surface area contributed by atoms with Crippen molar-refractivity contribution in [2.24, 2.45) is 0 Å². The minimum atomic E-state index is -0.747. The third-order valence-electron chi connectivity index (χ3n) is 2.55. The maximum absolute atomic E-state index is 11.7. The van der Waals surface area contributed by atoms with Crippen molar-refractivity contribution in [3.05, 3.63) is 73.0 Å². The van der Waals surface area contributed by atoms with E-state index in [4.69, 9.17) is 4.74 Å². The number of rotatable bonds is 4. The predicted molar refractivity (Wildman–Crippen MR) is 69.8 cm³/mol. The van der Waals surface area contributed by atoms with E-state index in [0.29, 0.717) is 0 Å². The smallest absolute Gasteiger partial charge is 0.339 e. The lowest BCUT2D eigenvalue weighted by molar-refractivity contribution is -0.384. The first kappa shape index (κ1) is 14.2. The van der Waals surface area contributed by atoms with Crippen molar-refractivity contribution in [3.63, 3.8) is 0 Å². The number of benzene rings is 1. The number of nitrogens with zero attached hydrogens (tertiary/aromatic N) is 2. The molecule has 0 amide bonds. The average Bonchev–Trinajstić information content (AvgIpc) is 2.46. The molecular formula is C12H9N3O6. The Labute approximate surface area is 116 Å². The summed E-state index contributed by atoms with van der Waals surface area (Å²) in [4.78, 5) is 45.8. The molecule has 2 aromatic rings. The van der Waals surface area contributed by atoms with Crippen LogP contribution in [0.25, 0.3) is 0 Å². The minimum Gasteiger partial charge on any atom is -0.440 e. The molecule has 0 bridgehead atoms. The maximum atomic E-state index is 11.7. The Balaban J connectivity index is 2.06. The number of hydrogen-bond donors (Lipinski definition) is 1. The summed E-state index contributed by atoms with van der Waals surface area (Å²) in [6, 6.07) is 5.94. The van der Waals surface area contributed by atoms with Crippen LogP contribution in [0, 0.1) is 10.1 Å². The van der Waals surface area contributed by atoms with Gasteiger partial charge >= 0.3 is 11.7 Å². The Morgan fingerprint density at radius 1 is 1.24 bits per heavy atom. The number of carbonyl (C=O) groups is 1. The fourth-order valence-corrected chi connectivity index (χ4v) is 1.48. The first-order chi connectivity index (χ1) is 9.97. The lowest BCUT2D eigenvalue weighted by atomic mass is 10.2. The van der Waals surface area contributed by atoms with Gasteiger partial charge in [0, 0.05) is 24.4 Å². The summed E-state index contributed by atoms with van der Waals surface area (Å²) in [7, 11) is 0. The van der Waals surface area contributed by atoms with Gasteiger partial charge in [-0.2, -0.15) is 0 Å². The summed E-state index contributed by atoms with van der Waals surface area (Å²) in [6.07, 6.45) is 1.18. The highest BCUT2D eigenvalue weighted by atomic mass is 16.6. The van der Waals surface area contributed by atoms with Crippen LogP contribution >= 0.6 is 0 Å². The molecule has 0 radical (unpaired) electrons. The van der Waals surface area contributed by atoms with E-state index < -0.39 is 22.1 Å². The molecule has 0 saturated carbocycles. The zero-order valence-corrected chi connectivity index (χ0v) is 10.5. The van der Waals surface area contributed by atoms with Gasteiger partial charge in [0.1, 0.15) is 0 Å². The Morgan fingerprint density at radius 2 is 1.90 bits per heavy atom. The molecular weight excluding hydrogens is 282 g/mol. The molecule has 0 fully saturated rings. The second kappa shape index (κ2) is 5.82. The molecule has 0 atom stereocenters. The molecule has 0 unspecified atom stereocenters. The van der Waals surface area contributed by atoms with Gasteiger partial charge in [0.25, 0.3) is 11.2 Å². The standard InChI is InChI=1S/C12H9N3O6/c16-10-5-6-14(12(18)13-10)7-21-11(17)8-1-3-9(4-2-8)15(19)20/h1-6H,7H2,(H,13,16,18). The summed E-state index contributed by atoms with van der Waals surface area (Å²) in [5, 5.41) is 10.5. The molecule has 1 heterocycles. The van der Waals surface area contributed by atoms with E-state index in [2.05, 4.69) is 0 Å². The summed E-state index contributed by atoms with van der Waals surface area (Å²) in [5.74, 6) is -0.747. The number of nitro groups is 1. The molecule has 9 heteroatoms. The number of H-pyrrole nitrogens is 1. The molecule has 0 aliphatic heterocycles. The monoisotopic (exact) mass is 291 g/mol. The Hall–Kier alpha value is -3.23. The fraction of sp³-hybridized carbons (Fsp3) is 0.0833. The first-order valence-corrected chi connectivity index (χ1v) is 5.69. The van der Waals surface area contributed by atoms with Crippen LogP contribution in [0.3, 0.4) is 0 Å². The predicted octanol–water partition coefficient (Wildman–Crippen LogP) is 0.259. The van der Waals surface area contributed by atoms with Crippen LogP contribution in [-0.4, -0.2) is 20.4 Å². The molecule has 108 valence electrons. The SMILES string of the molecule is O=C(OCn1ccc(=O)[nH]c1=O)c1ccc([N+](=O)[O-])cc1. The third-order valence-corrected chi connectivity index (χ3v) is 2.55. The molecule has 1 N–H and O–H groups in total. The highest BCUT2D eigenvalue weighted by Crippen LogP contribution is 2.12. The van der Waals surface area contributed by atoms with Crippen molar-refractivity contribution < 1.29 is 14.5 Å². The number of nitrogens with one attached hydrogen (secondary N) is 1. The molecule has 21 heavy (non-hydrogen) atoms. The van der Waals surface area contributed by atoms with Gasteiger partial charge in [0.2, 0.25) is 0 Å². The van der Waals surface area contributed by atoms with Gasteiger partial charge in [0.05, 0.1) is 10.5 Å². The van der Waals surface area contributed by atoms with Gasteiger partial charge in [0.15, 0.2) is 6.73 Å². The second-order valence-electron chi connectivity index (χ2n) is 3.94. The van der Waals surface area contributed by atoms with Gasteiger partial charge in [-0.25, -0.2) is 9.59 Å². The van der Waals surface area contributed by atoms with Crippen LogP contribution in [-0.2, 0) is 11.5 Å². The number of aromatic amines is 1. The Kier molecular flexibility index (Phi) is 3.93. The number of aromatic nitrogens is 2. The van der Waals surface area contributed by atoms with E-state index in [1.54, 1.807) is 0 Å². The van der Waals surface area contributed by atoms with Gasteiger partial charge in [-0.1, -0.05) is 0 Å². The van der Waals surface area contributed by atoms with E-state index in [1.165, 1.54) is 30.5 Å². The zero-order valence-electron chi connectivity index (χ0n) is 10.5. The van der Waals surface area contributed by atoms with Crippen LogP contribution in [0.4, 0.5) is 5.69 Å².